The number of hydrogen-bond acceptors (Lipinski definition) is 2. The SMILES string of the molecule is O=C(NCC1CCC(O)C1)c1cccc(Br)c1. The Morgan fingerprint density at radius 3 is 2.94 bits per heavy atom. The molecule has 0 heterocycles. The van der Waals surface area contributed by atoms with Crippen LogP contribution < -0.4 is 5.32 Å². The Morgan fingerprint density at radius 1 is 1.47 bits per heavy atom. The molecule has 1 aromatic rings. The average Bonchev–Trinajstić information content (AvgIpc) is 2.72. The van der Waals surface area contributed by atoms with E-state index in [0.717, 1.165) is 23.7 Å². The molecule has 2 N–H and O–H groups in total. The van der Waals surface area contributed by atoms with Crippen molar-refractivity contribution in [2.75, 3.05) is 6.54 Å². The molecule has 2 atom stereocenters. The van der Waals surface area contributed by atoms with Crippen molar-refractivity contribution in [2.45, 2.75) is 25.4 Å². The number of nitrogens with one attached hydrogen (secondary N) is 1. The standard InChI is InChI=1S/C13H16BrNO2/c14-11-3-1-2-10(7-11)13(17)15-8-9-4-5-12(16)6-9/h1-3,7,9,12,16H,4-6,8H2,(H,15,17). The summed E-state index contributed by atoms with van der Waals surface area (Å²) in [5.41, 5.74) is 0.665. The minimum absolute atomic E-state index is 0.0484. The lowest BCUT2D eigenvalue weighted by Crippen LogP contribution is -2.28. The largest absolute Gasteiger partial charge is 0.393 e. The molecule has 0 saturated heterocycles. The molecule has 3 nitrogen and oxygen atoms in total. The Balaban J connectivity index is 1.85. The van der Waals surface area contributed by atoms with Gasteiger partial charge in [-0.25, -0.2) is 0 Å². The third-order valence-electron chi connectivity index (χ3n) is 3.15. The first-order valence-corrected chi connectivity index (χ1v) is 6.66. The second kappa shape index (κ2) is 5.65. The third kappa shape index (κ3) is 3.54. The molecule has 1 saturated carbocycles. The maximum Gasteiger partial charge on any atom is 0.251 e. The Morgan fingerprint density at radius 2 is 2.29 bits per heavy atom. The fourth-order valence-corrected chi connectivity index (χ4v) is 2.60. The molecule has 92 valence electrons. The van der Waals surface area contributed by atoms with Crippen LogP contribution in [0, 0.1) is 5.92 Å². The van der Waals surface area contributed by atoms with Gasteiger partial charge in [0.1, 0.15) is 0 Å². The van der Waals surface area contributed by atoms with Crippen molar-refractivity contribution in [2.24, 2.45) is 5.92 Å². The van der Waals surface area contributed by atoms with Crippen LogP contribution in [0.2, 0.25) is 0 Å². The molecular weight excluding hydrogens is 282 g/mol. The second-order valence-electron chi connectivity index (χ2n) is 4.55. The van der Waals surface area contributed by atoms with Crippen molar-refractivity contribution >= 4 is 21.8 Å². The van der Waals surface area contributed by atoms with Gasteiger partial charge >= 0.3 is 0 Å². The summed E-state index contributed by atoms with van der Waals surface area (Å²) in [7, 11) is 0. The molecule has 1 aliphatic rings. The van der Waals surface area contributed by atoms with Gasteiger partial charge in [-0.2, -0.15) is 0 Å². The number of benzene rings is 1. The van der Waals surface area contributed by atoms with E-state index in [-0.39, 0.29) is 12.0 Å². The maximum absolute atomic E-state index is 11.8. The first-order valence-electron chi connectivity index (χ1n) is 5.87. The van der Waals surface area contributed by atoms with E-state index < -0.39 is 0 Å². The Kier molecular flexibility index (Phi) is 4.18. The zero-order valence-electron chi connectivity index (χ0n) is 9.53. The minimum atomic E-state index is -0.178. The molecule has 1 amide bonds. The van der Waals surface area contributed by atoms with Crippen molar-refractivity contribution in [3.8, 4) is 0 Å². The quantitative estimate of drug-likeness (QED) is 0.900. The lowest BCUT2D eigenvalue weighted by molar-refractivity contribution is 0.0945. The summed E-state index contributed by atoms with van der Waals surface area (Å²) in [4.78, 5) is 11.8. The highest BCUT2D eigenvalue weighted by Gasteiger charge is 2.23. The van der Waals surface area contributed by atoms with E-state index in [1.54, 1.807) is 12.1 Å². The molecule has 0 aromatic heterocycles. The third-order valence-corrected chi connectivity index (χ3v) is 3.64. The topological polar surface area (TPSA) is 49.3 Å². The highest BCUT2D eigenvalue weighted by molar-refractivity contribution is 9.10. The summed E-state index contributed by atoms with van der Waals surface area (Å²) in [6.07, 6.45) is 2.48. The number of carbonyl (C=O) groups is 1. The molecular formula is C13H16BrNO2. The van der Waals surface area contributed by atoms with Crippen LogP contribution in [0.4, 0.5) is 0 Å². The van der Waals surface area contributed by atoms with E-state index in [9.17, 15) is 9.90 Å². The van der Waals surface area contributed by atoms with Gasteiger partial charge in [0, 0.05) is 16.6 Å². The average molecular weight is 298 g/mol. The lowest BCUT2D eigenvalue weighted by Gasteiger charge is -2.11. The molecule has 0 radical (unpaired) electrons. The molecule has 1 aromatic carbocycles. The molecule has 1 fully saturated rings. The first-order chi connectivity index (χ1) is 8.15. The highest BCUT2D eigenvalue weighted by atomic mass is 79.9. The number of rotatable bonds is 3. The Hall–Kier alpha value is -0.870. The number of carbonyl (C=O) groups excluding carboxylic acids is 1. The van der Waals surface area contributed by atoms with Crippen LogP contribution >= 0.6 is 15.9 Å². The monoisotopic (exact) mass is 297 g/mol. The van der Waals surface area contributed by atoms with Crippen molar-refractivity contribution in [3.63, 3.8) is 0 Å². The van der Waals surface area contributed by atoms with E-state index in [1.807, 2.05) is 12.1 Å². The van der Waals surface area contributed by atoms with Crippen molar-refractivity contribution in [1.29, 1.82) is 0 Å². The first kappa shape index (κ1) is 12.6. The molecule has 1 aliphatic carbocycles. The van der Waals surface area contributed by atoms with Crippen LogP contribution in [-0.2, 0) is 0 Å². The molecule has 17 heavy (non-hydrogen) atoms. The van der Waals surface area contributed by atoms with E-state index >= 15 is 0 Å². The Labute approximate surface area is 109 Å². The summed E-state index contributed by atoms with van der Waals surface area (Å²) < 4.78 is 0.904. The number of aliphatic hydroxyl groups excluding tert-OH is 1. The smallest absolute Gasteiger partial charge is 0.251 e. The number of amides is 1. The van der Waals surface area contributed by atoms with Gasteiger partial charge in [-0.3, -0.25) is 4.79 Å². The van der Waals surface area contributed by atoms with Crippen molar-refractivity contribution in [1.82, 2.24) is 5.32 Å². The highest BCUT2D eigenvalue weighted by Crippen LogP contribution is 2.24. The van der Waals surface area contributed by atoms with Gasteiger partial charge in [0.25, 0.3) is 5.91 Å². The summed E-state index contributed by atoms with van der Waals surface area (Å²) in [6, 6.07) is 7.34. The van der Waals surface area contributed by atoms with Gasteiger partial charge < -0.3 is 10.4 Å². The van der Waals surface area contributed by atoms with Gasteiger partial charge in [-0.05, 0) is 43.4 Å². The zero-order valence-corrected chi connectivity index (χ0v) is 11.1. The van der Waals surface area contributed by atoms with E-state index in [0.29, 0.717) is 18.0 Å². The van der Waals surface area contributed by atoms with E-state index in [1.165, 1.54) is 0 Å². The molecule has 4 heteroatoms. The van der Waals surface area contributed by atoms with E-state index in [4.69, 9.17) is 0 Å². The van der Waals surface area contributed by atoms with Crippen LogP contribution in [0.15, 0.2) is 28.7 Å². The predicted molar refractivity (Wildman–Crippen MR) is 69.8 cm³/mol. The predicted octanol–water partition coefficient (Wildman–Crippen LogP) is 2.34. The molecule has 0 bridgehead atoms. The minimum Gasteiger partial charge on any atom is -0.393 e. The van der Waals surface area contributed by atoms with Crippen LogP contribution in [-0.4, -0.2) is 23.7 Å². The zero-order chi connectivity index (χ0) is 12.3. The van der Waals surface area contributed by atoms with Gasteiger partial charge in [-0.1, -0.05) is 22.0 Å². The van der Waals surface area contributed by atoms with Crippen LogP contribution in [0.5, 0.6) is 0 Å². The van der Waals surface area contributed by atoms with E-state index in [2.05, 4.69) is 21.2 Å². The summed E-state index contributed by atoms with van der Waals surface area (Å²) in [5.74, 6) is 0.369. The normalized spacial score (nSPS) is 23.6. The van der Waals surface area contributed by atoms with Gasteiger partial charge in [0.2, 0.25) is 0 Å². The number of aliphatic hydroxyl groups is 1. The van der Waals surface area contributed by atoms with Crippen molar-refractivity contribution in [3.05, 3.63) is 34.3 Å². The molecule has 0 spiro atoms. The van der Waals surface area contributed by atoms with Crippen LogP contribution in [0.1, 0.15) is 29.6 Å². The van der Waals surface area contributed by atoms with Crippen molar-refractivity contribution < 1.29 is 9.90 Å². The molecule has 0 aliphatic heterocycles. The van der Waals surface area contributed by atoms with Crippen LogP contribution in [0.25, 0.3) is 0 Å². The maximum atomic E-state index is 11.8. The fourth-order valence-electron chi connectivity index (χ4n) is 2.20. The number of hydrogen-bond donors (Lipinski definition) is 2. The summed E-state index contributed by atoms with van der Waals surface area (Å²) in [5, 5.41) is 12.3. The summed E-state index contributed by atoms with van der Waals surface area (Å²) in [6.45, 7) is 0.655. The van der Waals surface area contributed by atoms with Gasteiger partial charge in [-0.15, -0.1) is 0 Å². The lowest BCUT2D eigenvalue weighted by atomic mass is 10.1. The summed E-state index contributed by atoms with van der Waals surface area (Å²) >= 11 is 3.34. The Bertz CT molecular complexity index is 408. The molecule has 2 rings (SSSR count). The number of halogens is 1. The molecule has 2 unspecified atom stereocenters. The second-order valence-corrected chi connectivity index (χ2v) is 5.47. The van der Waals surface area contributed by atoms with Crippen LogP contribution in [0.3, 0.4) is 0 Å². The van der Waals surface area contributed by atoms with Gasteiger partial charge in [0.15, 0.2) is 0 Å². The van der Waals surface area contributed by atoms with Gasteiger partial charge in [0.05, 0.1) is 6.10 Å². The fraction of sp³-hybridized carbons (Fsp3) is 0.462.